The van der Waals surface area contributed by atoms with Crippen molar-refractivity contribution in [1.29, 1.82) is 0 Å². The largest absolute Gasteiger partial charge is 0.369 e. The topological polar surface area (TPSA) is 63.4 Å². The second kappa shape index (κ2) is 5.98. The Balaban J connectivity index is 2.03. The maximum absolute atomic E-state index is 12.4. The fourth-order valence-electron chi connectivity index (χ4n) is 4.05. The first-order valence-corrected chi connectivity index (χ1v) is 7.79. The molecule has 2 bridgehead atoms. The third-order valence-electron chi connectivity index (χ3n) is 5.15. The Morgan fingerprint density at radius 2 is 2.15 bits per heavy atom. The van der Waals surface area contributed by atoms with E-state index in [9.17, 15) is 9.59 Å². The smallest absolute Gasteiger partial charge is 0.225 e. The summed E-state index contributed by atoms with van der Waals surface area (Å²) in [5.74, 6) is -0.0162. The predicted octanol–water partition coefficient (Wildman–Crippen LogP) is 2.38. The van der Waals surface area contributed by atoms with Gasteiger partial charge in [0, 0.05) is 18.5 Å². The molecule has 2 N–H and O–H groups in total. The summed E-state index contributed by atoms with van der Waals surface area (Å²) in [4.78, 5) is 26.3. The van der Waals surface area contributed by atoms with Crippen molar-refractivity contribution in [1.82, 2.24) is 4.90 Å². The number of nitrogens with zero attached hydrogens (tertiary/aromatic N) is 1. The van der Waals surface area contributed by atoms with E-state index in [0.29, 0.717) is 6.42 Å². The molecule has 0 aromatic rings. The molecule has 2 aliphatic rings. The van der Waals surface area contributed by atoms with Crippen molar-refractivity contribution in [2.45, 2.75) is 70.9 Å². The number of primary amides is 1. The molecule has 2 saturated heterocycles. The first kappa shape index (κ1) is 15.1. The number of allylic oxidation sites excluding steroid dienone is 2. The number of fused-ring (bicyclic) bond motifs is 2. The zero-order valence-electron chi connectivity index (χ0n) is 12.6. The average molecular weight is 278 g/mol. The zero-order chi connectivity index (χ0) is 14.8. The maximum Gasteiger partial charge on any atom is 0.225 e. The highest BCUT2D eigenvalue weighted by atomic mass is 16.2. The maximum atomic E-state index is 12.4. The predicted molar refractivity (Wildman–Crippen MR) is 78.9 cm³/mol. The van der Waals surface area contributed by atoms with Crippen LogP contribution in [0.4, 0.5) is 0 Å². The lowest BCUT2D eigenvalue weighted by atomic mass is 9.71. The van der Waals surface area contributed by atoms with E-state index >= 15 is 0 Å². The van der Waals surface area contributed by atoms with E-state index in [1.54, 1.807) is 0 Å². The van der Waals surface area contributed by atoms with Gasteiger partial charge in [-0.2, -0.15) is 0 Å². The summed E-state index contributed by atoms with van der Waals surface area (Å²) >= 11 is 0. The molecule has 4 nitrogen and oxygen atoms in total. The van der Waals surface area contributed by atoms with Crippen LogP contribution in [0.1, 0.15) is 58.8 Å². The van der Waals surface area contributed by atoms with E-state index in [1.165, 1.54) is 0 Å². The zero-order valence-corrected chi connectivity index (χ0v) is 12.6. The molecule has 3 atom stereocenters. The second-order valence-electron chi connectivity index (χ2n) is 6.09. The van der Waals surface area contributed by atoms with Crippen molar-refractivity contribution in [3.63, 3.8) is 0 Å². The summed E-state index contributed by atoms with van der Waals surface area (Å²) in [6.07, 6.45) is 9.98. The molecule has 4 heteroatoms. The Labute approximate surface area is 121 Å². The number of carbonyl (C=O) groups excluding carboxylic acids is 2. The van der Waals surface area contributed by atoms with Crippen LogP contribution in [0.2, 0.25) is 0 Å². The molecule has 2 fully saturated rings. The van der Waals surface area contributed by atoms with Gasteiger partial charge >= 0.3 is 0 Å². The van der Waals surface area contributed by atoms with Crippen LogP contribution in [-0.4, -0.2) is 28.8 Å². The van der Waals surface area contributed by atoms with Gasteiger partial charge in [0.1, 0.15) is 0 Å². The van der Waals surface area contributed by atoms with Gasteiger partial charge in [0.25, 0.3) is 0 Å². The van der Waals surface area contributed by atoms with E-state index < -0.39 is 5.41 Å². The number of unbranched alkanes of at least 4 members (excludes halogenated alkanes) is 1. The Hall–Kier alpha value is -1.32. The normalized spacial score (nSPS) is 32.2. The molecule has 2 amide bonds. The van der Waals surface area contributed by atoms with Crippen molar-refractivity contribution in [3.8, 4) is 0 Å². The minimum Gasteiger partial charge on any atom is -0.369 e. The van der Waals surface area contributed by atoms with Gasteiger partial charge in [-0.3, -0.25) is 9.59 Å². The Bertz CT molecular complexity index is 419. The summed E-state index contributed by atoms with van der Waals surface area (Å²) in [6, 6.07) is 0.283. The number of hydrogen-bond donors (Lipinski definition) is 1. The third kappa shape index (κ3) is 2.36. The average Bonchev–Trinajstić information content (AvgIpc) is 2.99. The summed E-state index contributed by atoms with van der Waals surface area (Å²) in [7, 11) is 0. The lowest BCUT2D eigenvalue weighted by molar-refractivity contribution is -0.135. The first-order chi connectivity index (χ1) is 9.56. The summed E-state index contributed by atoms with van der Waals surface area (Å²) in [5, 5.41) is 0. The van der Waals surface area contributed by atoms with Crippen LogP contribution in [-0.2, 0) is 9.59 Å². The Morgan fingerprint density at radius 1 is 1.40 bits per heavy atom. The van der Waals surface area contributed by atoms with Crippen LogP contribution in [0.15, 0.2) is 12.2 Å². The number of amides is 2. The van der Waals surface area contributed by atoms with Gasteiger partial charge < -0.3 is 10.6 Å². The molecule has 2 heterocycles. The van der Waals surface area contributed by atoms with Crippen LogP contribution in [0.25, 0.3) is 0 Å². The van der Waals surface area contributed by atoms with Crippen molar-refractivity contribution in [2.75, 3.05) is 0 Å². The SMILES string of the molecule is CC=CCCCC(=O)N1[C@H]2CC[C@@H]1[C@](CC)(C(N)=O)C2. The molecule has 0 aromatic heterocycles. The number of nitrogens with two attached hydrogens (primary N) is 1. The molecule has 0 aliphatic carbocycles. The third-order valence-corrected chi connectivity index (χ3v) is 5.15. The van der Waals surface area contributed by atoms with E-state index in [0.717, 1.165) is 38.5 Å². The molecule has 20 heavy (non-hydrogen) atoms. The highest BCUT2D eigenvalue weighted by molar-refractivity contribution is 5.85. The van der Waals surface area contributed by atoms with Gasteiger partial charge in [0.05, 0.1) is 5.41 Å². The van der Waals surface area contributed by atoms with Gasteiger partial charge in [0.15, 0.2) is 0 Å². The standard InChI is InChI=1S/C16H26N2O2/c1-3-5-6-7-8-14(19)18-12-9-10-13(18)16(4-2,11-12)15(17)20/h3,5,12-13H,4,6-11H2,1-2H3,(H2,17,20)/t12-,13+,16+/m0/s1. The minimum absolute atomic E-state index is 0.0456. The molecule has 2 aliphatic heterocycles. The molecule has 0 spiro atoms. The number of hydrogen-bond acceptors (Lipinski definition) is 2. The lowest BCUT2D eigenvalue weighted by Crippen LogP contribution is -2.47. The molecule has 112 valence electrons. The highest BCUT2D eigenvalue weighted by Crippen LogP contribution is 2.51. The molecule has 0 saturated carbocycles. The van der Waals surface area contributed by atoms with Crippen LogP contribution in [0, 0.1) is 5.41 Å². The monoisotopic (exact) mass is 278 g/mol. The number of carbonyl (C=O) groups is 2. The highest BCUT2D eigenvalue weighted by Gasteiger charge is 2.59. The molecule has 2 rings (SSSR count). The van der Waals surface area contributed by atoms with Gasteiger partial charge in [-0.15, -0.1) is 0 Å². The summed E-state index contributed by atoms with van der Waals surface area (Å²) in [6.45, 7) is 4.01. The van der Waals surface area contributed by atoms with E-state index in [-0.39, 0.29) is 23.9 Å². The number of rotatable bonds is 6. The van der Waals surface area contributed by atoms with Gasteiger partial charge in [-0.1, -0.05) is 19.1 Å². The van der Waals surface area contributed by atoms with E-state index in [4.69, 9.17) is 5.73 Å². The fraction of sp³-hybridized carbons (Fsp3) is 0.750. The van der Waals surface area contributed by atoms with Gasteiger partial charge in [-0.25, -0.2) is 0 Å². The van der Waals surface area contributed by atoms with Crippen molar-refractivity contribution in [2.24, 2.45) is 11.1 Å². The van der Waals surface area contributed by atoms with E-state index in [1.807, 2.05) is 24.8 Å². The Kier molecular flexibility index (Phi) is 4.51. The fourth-order valence-corrected chi connectivity index (χ4v) is 4.05. The first-order valence-electron chi connectivity index (χ1n) is 7.79. The van der Waals surface area contributed by atoms with Crippen LogP contribution in [0.5, 0.6) is 0 Å². The van der Waals surface area contributed by atoms with Crippen LogP contribution in [0.3, 0.4) is 0 Å². The molecule has 0 radical (unpaired) electrons. The van der Waals surface area contributed by atoms with Gasteiger partial charge in [-0.05, 0) is 45.4 Å². The quantitative estimate of drug-likeness (QED) is 0.599. The summed E-state index contributed by atoms with van der Waals surface area (Å²) in [5.41, 5.74) is 5.18. The van der Waals surface area contributed by atoms with Crippen molar-refractivity contribution >= 4 is 11.8 Å². The van der Waals surface area contributed by atoms with Crippen LogP contribution >= 0.6 is 0 Å². The van der Waals surface area contributed by atoms with Crippen molar-refractivity contribution in [3.05, 3.63) is 12.2 Å². The van der Waals surface area contributed by atoms with Crippen LogP contribution < -0.4 is 5.73 Å². The lowest BCUT2D eigenvalue weighted by Gasteiger charge is -2.33. The summed E-state index contributed by atoms with van der Waals surface area (Å²) < 4.78 is 0. The van der Waals surface area contributed by atoms with Gasteiger partial charge in [0.2, 0.25) is 11.8 Å². The molecular weight excluding hydrogens is 252 g/mol. The second-order valence-corrected chi connectivity index (χ2v) is 6.09. The molecular formula is C16H26N2O2. The van der Waals surface area contributed by atoms with Crippen molar-refractivity contribution < 1.29 is 9.59 Å². The van der Waals surface area contributed by atoms with E-state index in [2.05, 4.69) is 6.08 Å². The molecule has 0 unspecified atom stereocenters. The Morgan fingerprint density at radius 3 is 2.70 bits per heavy atom. The molecule has 0 aromatic carbocycles. The minimum atomic E-state index is -0.470.